The molecule has 3 aromatic rings. The van der Waals surface area contributed by atoms with Crippen LogP contribution in [0.5, 0.6) is 0 Å². The summed E-state index contributed by atoms with van der Waals surface area (Å²) in [7, 11) is 0. The SMILES string of the molecule is CC[C@@H](NC(=O)c1ccc2[nH]ncc2c1)C(=O)N1CCc2sc(C(=O)NC3COC3)cc2C1. The first-order valence-electron chi connectivity index (χ1n) is 11.0. The summed E-state index contributed by atoms with van der Waals surface area (Å²) < 4.78 is 5.11. The summed E-state index contributed by atoms with van der Waals surface area (Å²) >= 11 is 1.49. The number of carbonyl (C=O) groups is 3. The van der Waals surface area contributed by atoms with Crippen molar-refractivity contribution < 1.29 is 19.1 Å². The van der Waals surface area contributed by atoms with Crippen molar-refractivity contribution in [3.8, 4) is 0 Å². The molecule has 3 amide bonds. The molecule has 10 heteroatoms. The van der Waals surface area contributed by atoms with Gasteiger partial charge in [-0.05, 0) is 42.7 Å². The zero-order valence-electron chi connectivity index (χ0n) is 18.2. The Kier molecular flexibility index (Phi) is 5.86. The maximum atomic E-state index is 13.2. The number of nitrogens with one attached hydrogen (secondary N) is 3. The Labute approximate surface area is 194 Å². The van der Waals surface area contributed by atoms with E-state index in [-0.39, 0.29) is 23.8 Å². The van der Waals surface area contributed by atoms with Gasteiger partial charge in [-0.1, -0.05) is 6.92 Å². The molecule has 172 valence electrons. The van der Waals surface area contributed by atoms with Gasteiger partial charge in [-0.2, -0.15) is 5.10 Å². The number of carbonyl (C=O) groups excluding carboxylic acids is 3. The molecule has 2 aliphatic rings. The quantitative estimate of drug-likeness (QED) is 0.512. The van der Waals surface area contributed by atoms with Gasteiger partial charge in [0, 0.05) is 28.9 Å². The fourth-order valence-electron chi connectivity index (χ4n) is 4.09. The topological polar surface area (TPSA) is 116 Å². The predicted molar refractivity (Wildman–Crippen MR) is 123 cm³/mol. The minimum absolute atomic E-state index is 0.0813. The average molecular weight is 468 g/mol. The average Bonchev–Trinajstić information content (AvgIpc) is 3.44. The molecule has 1 saturated heterocycles. The van der Waals surface area contributed by atoms with Crippen molar-refractivity contribution in [2.24, 2.45) is 0 Å². The number of amides is 3. The Morgan fingerprint density at radius 1 is 1.27 bits per heavy atom. The summed E-state index contributed by atoms with van der Waals surface area (Å²) in [6.07, 6.45) is 2.85. The number of aromatic nitrogens is 2. The van der Waals surface area contributed by atoms with Crippen LogP contribution in [0.2, 0.25) is 0 Å². The number of fused-ring (bicyclic) bond motifs is 2. The van der Waals surface area contributed by atoms with Crippen molar-refractivity contribution >= 4 is 40.0 Å². The smallest absolute Gasteiger partial charge is 0.261 e. The molecule has 1 aromatic carbocycles. The van der Waals surface area contributed by atoms with Crippen LogP contribution in [0.1, 0.15) is 43.8 Å². The Hall–Kier alpha value is -3.24. The predicted octanol–water partition coefficient (Wildman–Crippen LogP) is 1.85. The molecule has 5 rings (SSSR count). The van der Waals surface area contributed by atoms with Gasteiger partial charge in [-0.25, -0.2) is 0 Å². The van der Waals surface area contributed by atoms with E-state index in [0.29, 0.717) is 49.6 Å². The lowest BCUT2D eigenvalue weighted by Gasteiger charge is -2.30. The van der Waals surface area contributed by atoms with Crippen LogP contribution in [0.3, 0.4) is 0 Å². The number of ether oxygens (including phenoxy) is 1. The fraction of sp³-hybridized carbons (Fsp3) is 0.391. The van der Waals surface area contributed by atoms with Crippen LogP contribution in [-0.4, -0.2) is 64.7 Å². The van der Waals surface area contributed by atoms with Crippen LogP contribution in [0.25, 0.3) is 10.9 Å². The minimum atomic E-state index is -0.612. The largest absolute Gasteiger partial charge is 0.377 e. The molecule has 0 unspecified atom stereocenters. The van der Waals surface area contributed by atoms with Crippen molar-refractivity contribution in [2.45, 2.75) is 38.4 Å². The molecule has 3 N–H and O–H groups in total. The van der Waals surface area contributed by atoms with Crippen LogP contribution < -0.4 is 10.6 Å². The molecule has 4 heterocycles. The third-order valence-electron chi connectivity index (χ3n) is 6.09. The van der Waals surface area contributed by atoms with Crippen LogP contribution in [0.15, 0.2) is 30.5 Å². The van der Waals surface area contributed by atoms with Crippen LogP contribution in [0, 0.1) is 0 Å². The van der Waals surface area contributed by atoms with Crippen molar-refractivity contribution in [1.29, 1.82) is 0 Å². The number of benzene rings is 1. The van der Waals surface area contributed by atoms with Crippen molar-refractivity contribution in [3.63, 3.8) is 0 Å². The van der Waals surface area contributed by atoms with Gasteiger partial charge in [-0.15, -0.1) is 11.3 Å². The molecule has 2 aliphatic heterocycles. The summed E-state index contributed by atoms with van der Waals surface area (Å²) in [5, 5.41) is 13.5. The Morgan fingerprint density at radius 3 is 2.88 bits per heavy atom. The van der Waals surface area contributed by atoms with E-state index < -0.39 is 6.04 Å². The van der Waals surface area contributed by atoms with E-state index in [1.54, 1.807) is 29.3 Å². The first kappa shape index (κ1) is 21.6. The first-order valence-corrected chi connectivity index (χ1v) is 11.9. The fourth-order valence-corrected chi connectivity index (χ4v) is 5.16. The third-order valence-corrected chi connectivity index (χ3v) is 7.33. The van der Waals surface area contributed by atoms with E-state index in [0.717, 1.165) is 21.3 Å². The maximum absolute atomic E-state index is 13.2. The lowest BCUT2D eigenvalue weighted by atomic mass is 10.1. The third kappa shape index (κ3) is 4.36. The highest BCUT2D eigenvalue weighted by molar-refractivity contribution is 7.14. The zero-order valence-corrected chi connectivity index (χ0v) is 19.0. The van der Waals surface area contributed by atoms with E-state index >= 15 is 0 Å². The van der Waals surface area contributed by atoms with Crippen molar-refractivity contribution in [1.82, 2.24) is 25.7 Å². The van der Waals surface area contributed by atoms with Crippen LogP contribution >= 0.6 is 11.3 Å². The number of nitrogens with zero attached hydrogens (tertiary/aromatic N) is 2. The molecule has 9 nitrogen and oxygen atoms in total. The number of hydrogen-bond donors (Lipinski definition) is 3. The van der Waals surface area contributed by atoms with Gasteiger partial charge < -0.3 is 20.3 Å². The van der Waals surface area contributed by atoms with Gasteiger partial charge in [0.1, 0.15) is 6.04 Å². The van der Waals surface area contributed by atoms with E-state index in [4.69, 9.17) is 4.74 Å². The van der Waals surface area contributed by atoms with Gasteiger partial charge in [-0.3, -0.25) is 19.5 Å². The molecule has 0 radical (unpaired) electrons. The molecule has 1 atom stereocenters. The Balaban J connectivity index is 1.23. The summed E-state index contributed by atoms with van der Waals surface area (Å²) in [5.74, 6) is -0.482. The second-order valence-corrected chi connectivity index (χ2v) is 9.52. The van der Waals surface area contributed by atoms with Crippen molar-refractivity contribution in [3.05, 3.63) is 51.3 Å². The second kappa shape index (κ2) is 8.95. The molecule has 1 fully saturated rings. The molecule has 0 saturated carbocycles. The van der Waals surface area contributed by atoms with Gasteiger partial charge in [0.15, 0.2) is 0 Å². The van der Waals surface area contributed by atoms with E-state index in [1.807, 2.05) is 13.0 Å². The lowest BCUT2D eigenvalue weighted by Crippen LogP contribution is -2.49. The summed E-state index contributed by atoms with van der Waals surface area (Å²) in [6, 6.07) is 6.62. The highest BCUT2D eigenvalue weighted by atomic mass is 32.1. The van der Waals surface area contributed by atoms with Gasteiger partial charge >= 0.3 is 0 Å². The highest BCUT2D eigenvalue weighted by Gasteiger charge is 2.30. The number of aromatic amines is 1. The standard InChI is InChI=1S/C23H25N5O4S/c1-2-17(26-21(29)13-3-4-18-14(7-13)9-24-27-18)23(31)28-6-5-19-15(10-28)8-20(33-19)22(30)25-16-11-32-12-16/h3-4,7-9,16-17H,2,5-6,10-12H2,1H3,(H,24,27)(H,25,30)(H,26,29)/t17-/m1/s1. The van der Waals surface area contributed by atoms with Gasteiger partial charge in [0.05, 0.1) is 35.8 Å². The summed E-state index contributed by atoms with van der Waals surface area (Å²) in [5.41, 5.74) is 2.34. The Morgan fingerprint density at radius 2 is 2.12 bits per heavy atom. The molecule has 0 bridgehead atoms. The number of hydrogen-bond acceptors (Lipinski definition) is 6. The Bertz CT molecular complexity index is 1210. The van der Waals surface area contributed by atoms with Crippen LogP contribution in [0.4, 0.5) is 0 Å². The molecule has 33 heavy (non-hydrogen) atoms. The molecule has 0 aliphatic carbocycles. The molecular formula is C23H25N5O4S. The van der Waals surface area contributed by atoms with Gasteiger partial charge in [0.25, 0.3) is 11.8 Å². The number of H-pyrrole nitrogens is 1. The second-order valence-electron chi connectivity index (χ2n) is 8.38. The molecule has 0 spiro atoms. The minimum Gasteiger partial charge on any atom is -0.377 e. The summed E-state index contributed by atoms with van der Waals surface area (Å²) in [6.45, 7) is 4.00. The monoisotopic (exact) mass is 467 g/mol. The van der Waals surface area contributed by atoms with Crippen molar-refractivity contribution in [2.75, 3.05) is 19.8 Å². The van der Waals surface area contributed by atoms with E-state index in [9.17, 15) is 14.4 Å². The molecular weight excluding hydrogens is 442 g/mol. The summed E-state index contributed by atoms with van der Waals surface area (Å²) in [4.78, 5) is 42.0. The van der Waals surface area contributed by atoms with E-state index in [2.05, 4.69) is 20.8 Å². The molecule has 2 aromatic heterocycles. The number of rotatable bonds is 6. The normalized spacial score (nSPS) is 16.7. The zero-order chi connectivity index (χ0) is 22.9. The maximum Gasteiger partial charge on any atom is 0.261 e. The van der Waals surface area contributed by atoms with Crippen LogP contribution in [-0.2, 0) is 22.5 Å². The first-order chi connectivity index (χ1) is 16.0. The van der Waals surface area contributed by atoms with E-state index in [1.165, 1.54) is 11.3 Å². The lowest BCUT2D eigenvalue weighted by molar-refractivity contribution is -0.134. The number of thiophene rings is 1. The van der Waals surface area contributed by atoms with Gasteiger partial charge in [0.2, 0.25) is 5.91 Å². The highest BCUT2D eigenvalue weighted by Crippen LogP contribution is 2.29.